The average molecular weight is 400 g/mol. The molecule has 0 atom stereocenters. The van der Waals surface area contributed by atoms with Crippen LogP contribution in [0.15, 0.2) is 42.5 Å². The zero-order valence-electron chi connectivity index (χ0n) is 17.1. The van der Waals surface area contributed by atoms with E-state index in [1.807, 2.05) is 0 Å². The molecule has 0 radical (unpaired) electrons. The van der Waals surface area contributed by atoms with Gasteiger partial charge in [-0.25, -0.2) is 0 Å². The minimum Gasteiger partial charge on any atom is -0.493 e. The lowest BCUT2D eigenvalue weighted by atomic mass is 10.2. The summed E-state index contributed by atoms with van der Waals surface area (Å²) in [6, 6.07) is 11.7. The summed E-state index contributed by atoms with van der Waals surface area (Å²) >= 11 is 0. The molecule has 0 saturated carbocycles. The molecule has 0 aliphatic heterocycles. The highest BCUT2D eigenvalue weighted by Gasteiger charge is 2.15. The van der Waals surface area contributed by atoms with E-state index in [1.165, 1.54) is 20.3 Å². The van der Waals surface area contributed by atoms with Gasteiger partial charge in [0, 0.05) is 5.56 Å². The number of methoxy groups -OCH3 is 2. The van der Waals surface area contributed by atoms with Crippen LogP contribution in [-0.2, 0) is 0 Å². The number of hydrogen-bond donors (Lipinski definition) is 2. The van der Waals surface area contributed by atoms with E-state index in [0.717, 1.165) is 25.7 Å². The van der Waals surface area contributed by atoms with E-state index in [1.54, 1.807) is 36.4 Å². The van der Waals surface area contributed by atoms with Crippen LogP contribution in [0.5, 0.6) is 17.2 Å². The zero-order valence-corrected chi connectivity index (χ0v) is 17.1. The Hall–Kier alpha value is -3.22. The van der Waals surface area contributed by atoms with Crippen LogP contribution in [0.3, 0.4) is 0 Å². The van der Waals surface area contributed by atoms with E-state index < -0.39 is 11.8 Å². The fourth-order valence-electron chi connectivity index (χ4n) is 2.72. The summed E-state index contributed by atoms with van der Waals surface area (Å²) in [5, 5.41) is 0. The highest BCUT2D eigenvalue weighted by Crippen LogP contribution is 2.27. The summed E-state index contributed by atoms with van der Waals surface area (Å²) in [6.45, 7) is 2.69. The van der Waals surface area contributed by atoms with Gasteiger partial charge in [0.1, 0.15) is 5.75 Å². The third kappa shape index (κ3) is 6.41. The lowest BCUT2D eigenvalue weighted by molar-refractivity contribution is 0.0844. The van der Waals surface area contributed by atoms with E-state index in [-0.39, 0.29) is 0 Å². The normalized spacial score (nSPS) is 10.2. The summed E-state index contributed by atoms with van der Waals surface area (Å²) in [4.78, 5) is 24.9. The van der Waals surface area contributed by atoms with Crippen LogP contribution >= 0.6 is 0 Å². The number of carbonyl (C=O) groups is 2. The van der Waals surface area contributed by atoms with E-state index >= 15 is 0 Å². The summed E-state index contributed by atoms with van der Waals surface area (Å²) in [5.41, 5.74) is 5.51. The number of benzene rings is 2. The first-order chi connectivity index (χ1) is 14.1. The van der Waals surface area contributed by atoms with Crippen molar-refractivity contribution >= 4 is 11.8 Å². The van der Waals surface area contributed by atoms with Crippen LogP contribution in [0.4, 0.5) is 0 Å². The molecule has 0 aliphatic carbocycles. The van der Waals surface area contributed by atoms with E-state index in [2.05, 4.69) is 17.8 Å². The number of para-hydroxylation sites is 1. The minimum atomic E-state index is -0.475. The molecule has 0 aromatic heterocycles. The van der Waals surface area contributed by atoms with Crippen LogP contribution < -0.4 is 25.1 Å². The van der Waals surface area contributed by atoms with Gasteiger partial charge in [0.25, 0.3) is 11.8 Å². The smallest absolute Gasteiger partial charge is 0.273 e. The summed E-state index contributed by atoms with van der Waals surface area (Å²) in [7, 11) is 3.00. The van der Waals surface area contributed by atoms with Crippen molar-refractivity contribution in [1.82, 2.24) is 10.9 Å². The first kappa shape index (κ1) is 22.1. The number of rotatable bonds is 10. The van der Waals surface area contributed by atoms with Gasteiger partial charge in [-0.3, -0.25) is 20.4 Å². The molecular formula is C22H28N2O5. The highest BCUT2D eigenvalue weighted by atomic mass is 16.5. The van der Waals surface area contributed by atoms with Crippen LogP contribution in [-0.4, -0.2) is 32.6 Å². The van der Waals surface area contributed by atoms with Gasteiger partial charge in [-0.2, -0.15) is 0 Å². The lowest BCUT2D eigenvalue weighted by Gasteiger charge is -2.13. The minimum absolute atomic E-state index is 0.323. The van der Waals surface area contributed by atoms with Crippen LogP contribution in [0.25, 0.3) is 0 Å². The van der Waals surface area contributed by atoms with E-state index in [9.17, 15) is 9.59 Å². The molecule has 0 saturated heterocycles. The molecule has 0 aliphatic rings. The Labute approximate surface area is 171 Å². The highest BCUT2D eigenvalue weighted by molar-refractivity contribution is 6.00. The average Bonchev–Trinajstić information content (AvgIpc) is 2.76. The number of nitrogens with one attached hydrogen (secondary N) is 2. The third-order valence-electron chi connectivity index (χ3n) is 4.32. The van der Waals surface area contributed by atoms with Gasteiger partial charge in [-0.1, -0.05) is 38.3 Å². The molecule has 2 amide bonds. The van der Waals surface area contributed by atoms with Crippen molar-refractivity contribution in [2.45, 2.75) is 32.6 Å². The molecule has 0 fully saturated rings. The Bertz CT molecular complexity index is 823. The van der Waals surface area contributed by atoms with Gasteiger partial charge in [0.2, 0.25) is 0 Å². The van der Waals surface area contributed by atoms with Crippen molar-refractivity contribution in [3.8, 4) is 17.2 Å². The fraction of sp³-hybridized carbons (Fsp3) is 0.364. The molecule has 156 valence electrons. The largest absolute Gasteiger partial charge is 0.493 e. The number of hydrazine groups is 1. The second-order valence-corrected chi connectivity index (χ2v) is 6.38. The molecule has 0 unspecified atom stereocenters. The molecule has 29 heavy (non-hydrogen) atoms. The first-order valence-electron chi connectivity index (χ1n) is 9.65. The van der Waals surface area contributed by atoms with Crippen molar-refractivity contribution in [3.63, 3.8) is 0 Å². The van der Waals surface area contributed by atoms with Crippen molar-refractivity contribution in [3.05, 3.63) is 53.6 Å². The van der Waals surface area contributed by atoms with Crippen molar-refractivity contribution < 1.29 is 23.8 Å². The molecule has 2 aromatic rings. The number of carbonyl (C=O) groups excluding carboxylic acids is 2. The monoisotopic (exact) mass is 400 g/mol. The predicted molar refractivity (Wildman–Crippen MR) is 111 cm³/mol. The molecular weight excluding hydrogens is 372 g/mol. The third-order valence-corrected chi connectivity index (χ3v) is 4.32. The number of ether oxygens (including phenoxy) is 3. The van der Waals surface area contributed by atoms with Crippen molar-refractivity contribution in [2.24, 2.45) is 0 Å². The second-order valence-electron chi connectivity index (χ2n) is 6.38. The zero-order chi connectivity index (χ0) is 21.1. The summed E-state index contributed by atoms with van der Waals surface area (Å²) in [6.07, 6.45) is 4.33. The summed E-state index contributed by atoms with van der Waals surface area (Å²) < 4.78 is 16.1. The van der Waals surface area contributed by atoms with Gasteiger partial charge >= 0.3 is 0 Å². The molecule has 0 spiro atoms. The number of unbranched alkanes of at least 4 members (excludes halogenated alkanes) is 3. The van der Waals surface area contributed by atoms with Gasteiger partial charge in [0.15, 0.2) is 11.5 Å². The fourth-order valence-corrected chi connectivity index (χ4v) is 2.72. The Morgan fingerprint density at radius 2 is 1.55 bits per heavy atom. The van der Waals surface area contributed by atoms with Gasteiger partial charge in [0.05, 0.1) is 26.4 Å². The van der Waals surface area contributed by atoms with Crippen LogP contribution in [0, 0.1) is 0 Å². The van der Waals surface area contributed by atoms with E-state index in [4.69, 9.17) is 14.2 Å². The SMILES string of the molecule is CCCCCCOc1ccccc1C(=O)NNC(=O)c1ccc(OC)c(OC)c1. The van der Waals surface area contributed by atoms with Gasteiger partial charge < -0.3 is 14.2 Å². The van der Waals surface area contributed by atoms with Gasteiger partial charge in [-0.15, -0.1) is 0 Å². The maximum atomic E-state index is 12.5. The Kier molecular flexibility index (Phi) is 8.82. The molecule has 2 rings (SSSR count). The molecule has 2 aromatic carbocycles. The summed E-state index contributed by atoms with van der Waals surface area (Å²) in [5.74, 6) is 0.494. The van der Waals surface area contributed by atoms with Crippen molar-refractivity contribution in [2.75, 3.05) is 20.8 Å². The lowest BCUT2D eigenvalue weighted by Crippen LogP contribution is -2.41. The predicted octanol–water partition coefficient (Wildman–Crippen LogP) is 3.74. The topological polar surface area (TPSA) is 85.9 Å². The van der Waals surface area contributed by atoms with Gasteiger partial charge in [-0.05, 0) is 36.8 Å². The molecule has 0 bridgehead atoms. The van der Waals surface area contributed by atoms with E-state index in [0.29, 0.717) is 35.0 Å². The number of hydrogen-bond acceptors (Lipinski definition) is 5. The first-order valence-corrected chi connectivity index (χ1v) is 9.65. The second kappa shape index (κ2) is 11.6. The van der Waals surface area contributed by atoms with Crippen LogP contribution in [0.2, 0.25) is 0 Å². The molecule has 0 heterocycles. The Morgan fingerprint density at radius 1 is 0.828 bits per heavy atom. The number of amides is 2. The Morgan fingerprint density at radius 3 is 2.28 bits per heavy atom. The maximum Gasteiger partial charge on any atom is 0.273 e. The molecule has 7 nitrogen and oxygen atoms in total. The standard InChI is InChI=1S/C22H28N2O5/c1-4-5-6-9-14-29-18-11-8-7-10-17(18)22(26)24-23-21(25)16-12-13-19(27-2)20(15-16)28-3/h7-8,10-13,15H,4-6,9,14H2,1-3H3,(H,23,25)(H,24,26). The quantitative estimate of drug-likeness (QED) is 0.469. The Balaban J connectivity index is 1.96. The molecule has 2 N–H and O–H groups in total. The van der Waals surface area contributed by atoms with Crippen LogP contribution in [0.1, 0.15) is 53.3 Å². The molecule has 7 heteroatoms. The maximum absolute atomic E-state index is 12.5. The van der Waals surface area contributed by atoms with Crippen molar-refractivity contribution in [1.29, 1.82) is 0 Å².